The number of hydrogen-bond donors (Lipinski definition) is 2. The molecule has 1 aliphatic heterocycles. The van der Waals surface area contributed by atoms with Gasteiger partial charge in [0.1, 0.15) is 0 Å². The largest absolute Gasteiger partial charge is 0.374 e. The number of aryl methyl sites for hydroxylation is 1. The molecule has 1 saturated heterocycles. The Labute approximate surface area is 159 Å². The van der Waals surface area contributed by atoms with E-state index in [0.29, 0.717) is 12.0 Å². The van der Waals surface area contributed by atoms with Crippen LogP contribution >= 0.6 is 0 Å². The molecule has 0 bridgehead atoms. The van der Waals surface area contributed by atoms with E-state index in [4.69, 9.17) is 4.74 Å². The zero-order valence-corrected chi connectivity index (χ0v) is 16.9. The zero-order valence-electron chi connectivity index (χ0n) is 16.9. The molecule has 0 amide bonds. The molecule has 1 aromatic rings. The third-order valence-corrected chi connectivity index (χ3v) is 4.66. The van der Waals surface area contributed by atoms with Crippen molar-refractivity contribution >= 4 is 5.96 Å². The van der Waals surface area contributed by atoms with Crippen LogP contribution in [0.2, 0.25) is 0 Å². The topological polar surface area (TPSA) is 48.9 Å². The van der Waals surface area contributed by atoms with Crippen LogP contribution in [0.3, 0.4) is 0 Å². The maximum Gasteiger partial charge on any atom is 0.191 e. The van der Waals surface area contributed by atoms with Crippen molar-refractivity contribution in [3.63, 3.8) is 0 Å². The fraction of sp³-hybridized carbons (Fsp3) is 0.667. The number of guanidine groups is 1. The SMILES string of the molecule is CN=C(NCC1CN(CC(C)C)CCO1)NC(C)CCc1ccccc1. The molecule has 0 radical (unpaired) electrons. The molecule has 2 atom stereocenters. The predicted molar refractivity (Wildman–Crippen MR) is 110 cm³/mol. The van der Waals surface area contributed by atoms with Gasteiger partial charge in [0.2, 0.25) is 0 Å². The van der Waals surface area contributed by atoms with Crippen LogP contribution < -0.4 is 10.6 Å². The molecule has 2 N–H and O–H groups in total. The maximum atomic E-state index is 5.91. The normalized spacial score (nSPS) is 20.2. The van der Waals surface area contributed by atoms with Gasteiger partial charge in [-0.15, -0.1) is 0 Å². The summed E-state index contributed by atoms with van der Waals surface area (Å²) in [6.07, 6.45) is 2.37. The van der Waals surface area contributed by atoms with Crippen LogP contribution in [0.25, 0.3) is 0 Å². The molecule has 5 nitrogen and oxygen atoms in total. The number of aliphatic imine (C=N–C) groups is 1. The molecule has 26 heavy (non-hydrogen) atoms. The van der Waals surface area contributed by atoms with Crippen LogP contribution in [0, 0.1) is 5.92 Å². The smallest absolute Gasteiger partial charge is 0.191 e. The summed E-state index contributed by atoms with van der Waals surface area (Å²) >= 11 is 0. The Hall–Kier alpha value is -1.59. The first-order chi connectivity index (χ1) is 12.6. The van der Waals surface area contributed by atoms with Crippen molar-refractivity contribution in [1.82, 2.24) is 15.5 Å². The van der Waals surface area contributed by atoms with Gasteiger partial charge in [-0.05, 0) is 31.2 Å². The van der Waals surface area contributed by atoms with Crippen molar-refractivity contribution in [2.75, 3.05) is 39.8 Å². The van der Waals surface area contributed by atoms with E-state index in [0.717, 1.165) is 51.6 Å². The lowest BCUT2D eigenvalue weighted by molar-refractivity contribution is -0.0284. The lowest BCUT2D eigenvalue weighted by atomic mass is 10.1. The molecule has 0 saturated carbocycles. The molecule has 1 fully saturated rings. The van der Waals surface area contributed by atoms with Crippen molar-refractivity contribution in [2.24, 2.45) is 10.9 Å². The highest BCUT2D eigenvalue weighted by molar-refractivity contribution is 5.79. The Morgan fingerprint density at radius 1 is 1.27 bits per heavy atom. The van der Waals surface area contributed by atoms with E-state index < -0.39 is 0 Å². The van der Waals surface area contributed by atoms with Gasteiger partial charge in [0.15, 0.2) is 5.96 Å². The second-order valence-electron chi connectivity index (χ2n) is 7.67. The van der Waals surface area contributed by atoms with Gasteiger partial charge in [0, 0.05) is 39.3 Å². The van der Waals surface area contributed by atoms with Gasteiger partial charge in [-0.25, -0.2) is 0 Å². The second-order valence-corrected chi connectivity index (χ2v) is 7.67. The molecule has 1 aliphatic rings. The molecule has 0 aliphatic carbocycles. The molecular formula is C21H36N4O. The summed E-state index contributed by atoms with van der Waals surface area (Å²) in [5, 5.41) is 6.92. The average Bonchev–Trinajstić information content (AvgIpc) is 2.64. The summed E-state index contributed by atoms with van der Waals surface area (Å²) in [7, 11) is 1.83. The van der Waals surface area contributed by atoms with Gasteiger partial charge in [-0.3, -0.25) is 9.89 Å². The van der Waals surface area contributed by atoms with E-state index in [1.165, 1.54) is 5.56 Å². The van der Waals surface area contributed by atoms with E-state index in [1.54, 1.807) is 0 Å². The first-order valence-corrected chi connectivity index (χ1v) is 9.92. The number of morpholine rings is 1. The lowest BCUT2D eigenvalue weighted by Gasteiger charge is -2.34. The van der Waals surface area contributed by atoms with Crippen molar-refractivity contribution in [1.29, 1.82) is 0 Å². The summed E-state index contributed by atoms with van der Waals surface area (Å²) in [6, 6.07) is 11.0. The molecule has 1 heterocycles. The fourth-order valence-corrected chi connectivity index (χ4v) is 3.32. The van der Waals surface area contributed by atoms with Gasteiger partial charge >= 0.3 is 0 Å². The monoisotopic (exact) mass is 360 g/mol. The van der Waals surface area contributed by atoms with Crippen molar-refractivity contribution in [3.8, 4) is 0 Å². The van der Waals surface area contributed by atoms with Gasteiger partial charge in [0.25, 0.3) is 0 Å². The van der Waals surface area contributed by atoms with Gasteiger partial charge in [0.05, 0.1) is 12.7 Å². The van der Waals surface area contributed by atoms with E-state index in [9.17, 15) is 0 Å². The van der Waals surface area contributed by atoms with Crippen LogP contribution in [0.4, 0.5) is 0 Å². The predicted octanol–water partition coefficient (Wildman–Crippen LogP) is 2.53. The highest BCUT2D eigenvalue weighted by Crippen LogP contribution is 2.08. The van der Waals surface area contributed by atoms with Crippen molar-refractivity contribution in [3.05, 3.63) is 35.9 Å². The lowest BCUT2D eigenvalue weighted by Crippen LogP contribution is -2.51. The molecule has 146 valence electrons. The van der Waals surface area contributed by atoms with Crippen molar-refractivity contribution in [2.45, 2.75) is 45.8 Å². The standard InChI is InChI=1S/C21H36N4O/c1-17(2)15-25-12-13-26-20(16-25)14-23-21(22-4)24-18(3)10-11-19-8-6-5-7-9-19/h5-9,17-18,20H,10-16H2,1-4H3,(H2,22,23,24). The van der Waals surface area contributed by atoms with E-state index >= 15 is 0 Å². The molecule has 5 heteroatoms. The fourth-order valence-electron chi connectivity index (χ4n) is 3.32. The molecule has 1 aromatic carbocycles. The molecular weight excluding hydrogens is 324 g/mol. The van der Waals surface area contributed by atoms with Gasteiger partial charge in [-0.2, -0.15) is 0 Å². The number of hydrogen-bond acceptors (Lipinski definition) is 3. The average molecular weight is 361 g/mol. The summed E-state index contributed by atoms with van der Waals surface area (Å²) in [4.78, 5) is 6.86. The first-order valence-electron chi connectivity index (χ1n) is 9.92. The molecule has 2 rings (SSSR count). The first kappa shape index (κ1) is 20.7. The Bertz CT molecular complexity index is 532. The molecule has 0 spiro atoms. The Morgan fingerprint density at radius 2 is 2.04 bits per heavy atom. The van der Waals surface area contributed by atoms with Crippen LogP contribution in [-0.2, 0) is 11.2 Å². The summed E-state index contributed by atoms with van der Waals surface area (Å²) in [5.41, 5.74) is 1.38. The van der Waals surface area contributed by atoms with Crippen LogP contribution in [0.1, 0.15) is 32.8 Å². The second kappa shape index (κ2) is 11.2. The number of nitrogens with one attached hydrogen (secondary N) is 2. The summed E-state index contributed by atoms with van der Waals surface area (Å²) in [6.45, 7) is 11.5. The number of ether oxygens (including phenoxy) is 1. The quantitative estimate of drug-likeness (QED) is 0.552. The minimum Gasteiger partial charge on any atom is -0.374 e. The van der Waals surface area contributed by atoms with Gasteiger partial charge < -0.3 is 15.4 Å². The minimum atomic E-state index is 0.223. The summed E-state index contributed by atoms with van der Waals surface area (Å²) in [5.74, 6) is 1.55. The summed E-state index contributed by atoms with van der Waals surface area (Å²) < 4.78 is 5.91. The zero-order chi connectivity index (χ0) is 18.8. The minimum absolute atomic E-state index is 0.223. The molecule has 2 unspecified atom stereocenters. The van der Waals surface area contributed by atoms with Crippen LogP contribution in [-0.4, -0.2) is 62.8 Å². The third kappa shape index (κ3) is 7.75. The number of nitrogens with zero attached hydrogens (tertiary/aromatic N) is 2. The van der Waals surface area contributed by atoms with E-state index in [1.807, 2.05) is 7.05 Å². The Balaban J connectivity index is 1.69. The van der Waals surface area contributed by atoms with E-state index in [2.05, 4.69) is 71.6 Å². The van der Waals surface area contributed by atoms with Crippen LogP contribution in [0.5, 0.6) is 0 Å². The molecule has 0 aromatic heterocycles. The van der Waals surface area contributed by atoms with Gasteiger partial charge in [-0.1, -0.05) is 44.2 Å². The number of benzene rings is 1. The number of rotatable bonds is 8. The van der Waals surface area contributed by atoms with Crippen molar-refractivity contribution < 1.29 is 4.74 Å². The highest BCUT2D eigenvalue weighted by Gasteiger charge is 2.21. The highest BCUT2D eigenvalue weighted by atomic mass is 16.5. The Morgan fingerprint density at radius 3 is 2.73 bits per heavy atom. The third-order valence-electron chi connectivity index (χ3n) is 4.66. The van der Waals surface area contributed by atoms with Crippen LogP contribution in [0.15, 0.2) is 35.3 Å². The maximum absolute atomic E-state index is 5.91. The van der Waals surface area contributed by atoms with E-state index in [-0.39, 0.29) is 6.10 Å². The Kier molecular flexibility index (Phi) is 8.92.